The van der Waals surface area contributed by atoms with Crippen LogP contribution in [0.2, 0.25) is 0 Å². The Morgan fingerprint density at radius 1 is 1.14 bits per heavy atom. The van der Waals surface area contributed by atoms with Gasteiger partial charge in [-0.2, -0.15) is 5.10 Å². The van der Waals surface area contributed by atoms with Crippen molar-refractivity contribution in [1.82, 2.24) is 10.2 Å². The summed E-state index contributed by atoms with van der Waals surface area (Å²) in [7, 11) is 0. The van der Waals surface area contributed by atoms with Crippen LogP contribution >= 0.6 is 0 Å². The molecule has 0 aliphatic carbocycles. The summed E-state index contributed by atoms with van der Waals surface area (Å²) in [5.41, 5.74) is 1.77. The summed E-state index contributed by atoms with van der Waals surface area (Å²) in [6.07, 6.45) is 2.67. The first-order valence-corrected chi connectivity index (χ1v) is 4.34. The first-order chi connectivity index (χ1) is 6.95. The van der Waals surface area contributed by atoms with Gasteiger partial charge in [0.1, 0.15) is 18.2 Å². The minimum absolute atomic E-state index is 0.387. The average molecular weight is 188 g/mol. The largest absolute Gasteiger partial charge is 0.454 e. The topological polar surface area (TPSA) is 47.1 Å². The predicted molar refractivity (Wildman–Crippen MR) is 50.1 cm³/mol. The second kappa shape index (κ2) is 2.77. The third-order valence-electron chi connectivity index (χ3n) is 2.19. The molecule has 2 heterocycles. The number of hydrogen-bond donors (Lipinski definition) is 1. The molecule has 0 fully saturated rings. The van der Waals surface area contributed by atoms with Crippen LogP contribution in [0.1, 0.15) is 12.0 Å². The van der Waals surface area contributed by atoms with Gasteiger partial charge < -0.3 is 9.47 Å². The Balaban J connectivity index is 2.12. The van der Waals surface area contributed by atoms with E-state index in [2.05, 4.69) is 10.2 Å². The molecule has 1 N–H and O–H groups in total. The normalized spacial score (nSPS) is 15.7. The molecule has 1 aromatic carbocycles. The van der Waals surface area contributed by atoms with Gasteiger partial charge >= 0.3 is 0 Å². The average Bonchev–Trinajstić information content (AvgIpc) is 2.85. The standard InChI is InChI=1S/C10H8N2O2/c1-2-4-8-7(3-1)9(12-11-8)10-13-5-6-14-10/h1-6,10H,(H,11,12). The number of rotatable bonds is 1. The van der Waals surface area contributed by atoms with Crippen LogP contribution in [0.5, 0.6) is 0 Å². The van der Waals surface area contributed by atoms with Crippen molar-refractivity contribution >= 4 is 10.9 Å². The fourth-order valence-electron chi connectivity index (χ4n) is 1.53. The Bertz CT molecular complexity index is 482. The van der Waals surface area contributed by atoms with Crippen molar-refractivity contribution in [2.24, 2.45) is 0 Å². The summed E-state index contributed by atoms with van der Waals surface area (Å²) in [5.74, 6) is 0. The Hall–Kier alpha value is -1.97. The lowest BCUT2D eigenvalue weighted by Crippen LogP contribution is -1.98. The zero-order valence-electron chi connectivity index (χ0n) is 7.31. The Kier molecular flexibility index (Phi) is 1.47. The molecule has 14 heavy (non-hydrogen) atoms. The number of nitrogens with zero attached hydrogens (tertiary/aromatic N) is 1. The second-order valence-electron chi connectivity index (χ2n) is 3.03. The Morgan fingerprint density at radius 3 is 2.79 bits per heavy atom. The van der Waals surface area contributed by atoms with Gasteiger partial charge in [-0.1, -0.05) is 18.2 Å². The van der Waals surface area contributed by atoms with E-state index in [1.807, 2.05) is 24.3 Å². The lowest BCUT2D eigenvalue weighted by atomic mass is 10.2. The molecule has 0 unspecified atom stereocenters. The van der Waals surface area contributed by atoms with E-state index < -0.39 is 0 Å². The van der Waals surface area contributed by atoms with E-state index >= 15 is 0 Å². The molecular formula is C10H8N2O2. The molecule has 3 rings (SSSR count). The summed E-state index contributed by atoms with van der Waals surface area (Å²) >= 11 is 0. The maximum Gasteiger partial charge on any atom is 0.283 e. The molecule has 1 aliphatic heterocycles. The molecule has 0 bridgehead atoms. The van der Waals surface area contributed by atoms with Crippen molar-refractivity contribution in [2.45, 2.75) is 6.29 Å². The fourth-order valence-corrected chi connectivity index (χ4v) is 1.53. The van der Waals surface area contributed by atoms with Gasteiger partial charge in [0, 0.05) is 5.39 Å². The maximum atomic E-state index is 5.23. The number of H-pyrrole nitrogens is 1. The van der Waals surface area contributed by atoms with Gasteiger partial charge in [0.2, 0.25) is 0 Å². The molecule has 0 spiro atoms. The molecule has 0 atom stereocenters. The minimum atomic E-state index is -0.387. The number of fused-ring (bicyclic) bond motifs is 1. The van der Waals surface area contributed by atoms with Crippen LogP contribution < -0.4 is 0 Å². The van der Waals surface area contributed by atoms with Crippen LogP contribution in [0.15, 0.2) is 36.8 Å². The SMILES string of the molecule is C1=COC(c2[nH]nc3ccccc23)O1. The lowest BCUT2D eigenvalue weighted by molar-refractivity contribution is -0.0268. The molecule has 0 saturated heterocycles. The van der Waals surface area contributed by atoms with E-state index in [1.54, 1.807) is 0 Å². The molecule has 0 radical (unpaired) electrons. The van der Waals surface area contributed by atoms with Crippen LogP contribution in [-0.2, 0) is 9.47 Å². The van der Waals surface area contributed by atoms with Gasteiger partial charge in [0.15, 0.2) is 0 Å². The summed E-state index contributed by atoms with van der Waals surface area (Å²) < 4.78 is 10.5. The molecule has 1 aromatic heterocycles. The van der Waals surface area contributed by atoms with Crippen molar-refractivity contribution in [3.63, 3.8) is 0 Å². The Labute approximate surface area is 80.1 Å². The van der Waals surface area contributed by atoms with E-state index in [4.69, 9.17) is 9.47 Å². The van der Waals surface area contributed by atoms with Gasteiger partial charge in [0.05, 0.1) is 5.52 Å². The third-order valence-corrected chi connectivity index (χ3v) is 2.19. The Morgan fingerprint density at radius 2 is 1.93 bits per heavy atom. The zero-order valence-corrected chi connectivity index (χ0v) is 7.31. The molecule has 0 amide bonds. The molecule has 70 valence electrons. The smallest absolute Gasteiger partial charge is 0.283 e. The van der Waals surface area contributed by atoms with Gasteiger partial charge in [0.25, 0.3) is 6.29 Å². The summed E-state index contributed by atoms with van der Waals surface area (Å²) in [6, 6.07) is 7.84. The van der Waals surface area contributed by atoms with E-state index in [9.17, 15) is 0 Å². The minimum Gasteiger partial charge on any atom is -0.454 e. The van der Waals surface area contributed by atoms with Crippen molar-refractivity contribution in [3.05, 3.63) is 42.5 Å². The lowest BCUT2D eigenvalue weighted by Gasteiger charge is -2.07. The highest BCUT2D eigenvalue weighted by atomic mass is 16.7. The fraction of sp³-hybridized carbons (Fsp3) is 0.100. The van der Waals surface area contributed by atoms with E-state index in [0.29, 0.717) is 0 Å². The first-order valence-electron chi connectivity index (χ1n) is 4.34. The van der Waals surface area contributed by atoms with Crippen molar-refractivity contribution in [3.8, 4) is 0 Å². The van der Waals surface area contributed by atoms with Gasteiger partial charge in [-0.05, 0) is 6.07 Å². The molecule has 4 heteroatoms. The molecule has 1 aliphatic rings. The predicted octanol–water partition coefficient (Wildman–Crippen LogP) is 2.08. The van der Waals surface area contributed by atoms with Crippen LogP contribution in [0.4, 0.5) is 0 Å². The summed E-state index contributed by atoms with van der Waals surface area (Å²) in [4.78, 5) is 0. The highest BCUT2D eigenvalue weighted by Crippen LogP contribution is 2.27. The number of hydrogen-bond acceptors (Lipinski definition) is 3. The zero-order chi connectivity index (χ0) is 9.38. The van der Waals surface area contributed by atoms with Crippen LogP contribution in [0, 0.1) is 0 Å². The van der Waals surface area contributed by atoms with Crippen molar-refractivity contribution in [2.75, 3.05) is 0 Å². The van der Waals surface area contributed by atoms with Crippen LogP contribution in [-0.4, -0.2) is 10.2 Å². The molecule has 0 saturated carbocycles. The number of ether oxygens (including phenoxy) is 2. The molecular weight excluding hydrogens is 180 g/mol. The number of nitrogens with one attached hydrogen (secondary N) is 1. The maximum absolute atomic E-state index is 5.23. The van der Waals surface area contributed by atoms with Crippen molar-refractivity contribution < 1.29 is 9.47 Å². The number of benzene rings is 1. The van der Waals surface area contributed by atoms with E-state index in [0.717, 1.165) is 16.6 Å². The monoisotopic (exact) mass is 188 g/mol. The highest BCUT2D eigenvalue weighted by Gasteiger charge is 2.20. The quantitative estimate of drug-likeness (QED) is 0.745. The van der Waals surface area contributed by atoms with Crippen molar-refractivity contribution in [1.29, 1.82) is 0 Å². The highest BCUT2D eigenvalue weighted by molar-refractivity contribution is 5.81. The first kappa shape index (κ1) is 7.44. The summed E-state index contributed by atoms with van der Waals surface area (Å²) in [6.45, 7) is 0. The number of aromatic amines is 1. The molecule has 2 aromatic rings. The van der Waals surface area contributed by atoms with Crippen LogP contribution in [0.25, 0.3) is 10.9 Å². The van der Waals surface area contributed by atoms with Gasteiger partial charge in [-0.25, -0.2) is 0 Å². The third kappa shape index (κ3) is 0.970. The van der Waals surface area contributed by atoms with Gasteiger partial charge in [-0.3, -0.25) is 5.10 Å². The number of para-hydroxylation sites is 1. The second-order valence-corrected chi connectivity index (χ2v) is 3.03. The van der Waals surface area contributed by atoms with E-state index in [1.165, 1.54) is 12.5 Å². The van der Waals surface area contributed by atoms with Gasteiger partial charge in [-0.15, -0.1) is 0 Å². The molecule has 4 nitrogen and oxygen atoms in total. The van der Waals surface area contributed by atoms with Crippen LogP contribution in [0.3, 0.4) is 0 Å². The number of aromatic nitrogens is 2. The summed E-state index contributed by atoms with van der Waals surface area (Å²) in [5, 5.41) is 8.09. The van der Waals surface area contributed by atoms with E-state index in [-0.39, 0.29) is 6.29 Å².